The molecule has 0 heterocycles. The molecule has 0 saturated carbocycles. The van der Waals surface area contributed by atoms with Gasteiger partial charge < -0.3 is 4.74 Å². The van der Waals surface area contributed by atoms with Crippen LogP contribution < -0.4 is 4.74 Å². The molecule has 124 valence electrons. The number of benzene rings is 3. The smallest absolute Gasteiger partial charge is 0.189 e. The molecule has 0 aliphatic rings. The third-order valence-electron chi connectivity index (χ3n) is 3.67. The molecule has 0 aromatic heterocycles. The van der Waals surface area contributed by atoms with Gasteiger partial charge in [0.2, 0.25) is 0 Å². The Labute approximate surface area is 152 Å². The second kappa shape index (κ2) is 8.32. The molecule has 0 aliphatic carbocycles. The topological polar surface area (TPSA) is 26.3 Å². The molecule has 3 aromatic rings. The maximum atomic E-state index is 12.6. The number of rotatable bonds is 6. The highest BCUT2D eigenvalue weighted by Gasteiger charge is 2.11. The van der Waals surface area contributed by atoms with E-state index in [4.69, 9.17) is 16.3 Å². The summed E-state index contributed by atoms with van der Waals surface area (Å²) in [5.41, 5.74) is 2.49. The fourth-order valence-corrected chi connectivity index (χ4v) is 2.54. The molecular formula is C22H17ClO2. The molecule has 3 heteroatoms. The predicted molar refractivity (Wildman–Crippen MR) is 102 cm³/mol. The number of allylic oxidation sites excluding steroid dienone is 1. The van der Waals surface area contributed by atoms with Gasteiger partial charge in [0.1, 0.15) is 12.4 Å². The van der Waals surface area contributed by atoms with Crippen molar-refractivity contribution in [2.45, 2.75) is 6.61 Å². The maximum absolute atomic E-state index is 12.6. The van der Waals surface area contributed by atoms with Gasteiger partial charge in [-0.3, -0.25) is 4.79 Å². The van der Waals surface area contributed by atoms with Crippen LogP contribution in [0.4, 0.5) is 0 Å². The standard InChI is InChI=1S/C22H17ClO2/c23-19-12-13-20(21(24)14-11-17-7-3-1-4-8-17)22(15-19)25-16-18-9-5-2-6-10-18/h1-15H,16H2/b14-11-. The van der Waals surface area contributed by atoms with Crippen LogP contribution in [0.2, 0.25) is 5.02 Å². The lowest BCUT2D eigenvalue weighted by molar-refractivity contribution is 0.104. The quantitative estimate of drug-likeness (QED) is 0.414. The molecule has 0 saturated heterocycles. The van der Waals surface area contributed by atoms with Crippen molar-refractivity contribution in [3.8, 4) is 5.75 Å². The first-order valence-corrected chi connectivity index (χ1v) is 8.34. The monoisotopic (exact) mass is 348 g/mol. The zero-order chi connectivity index (χ0) is 17.5. The van der Waals surface area contributed by atoms with Gasteiger partial charge in [0.05, 0.1) is 5.56 Å². The van der Waals surface area contributed by atoms with E-state index in [0.717, 1.165) is 11.1 Å². The summed E-state index contributed by atoms with van der Waals surface area (Å²) >= 11 is 6.07. The fraction of sp³-hybridized carbons (Fsp3) is 0.0455. The molecule has 25 heavy (non-hydrogen) atoms. The van der Waals surface area contributed by atoms with Crippen LogP contribution in [0.15, 0.2) is 84.9 Å². The zero-order valence-corrected chi connectivity index (χ0v) is 14.3. The Balaban J connectivity index is 1.78. The summed E-state index contributed by atoms with van der Waals surface area (Å²) in [6.07, 6.45) is 3.34. The summed E-state index contributed by atoms with van der Waals surface area (Å²) in [5, 5.41) is 0.534. The van der Waals surface area contributed by atoms with Gasteiger partial charge in [0, 0.05) is 5.02 Å². The highest BCUT2D eigenvalue weighted by Crippen LogP contribution is 2.25. The lowest BCUT2D eigenvalue weighted by atomic mass is 10.1. The van der Waals surface area contributed by atoms with Gasteiger partial charge in [-0.25, -0.2) is 0 Å². The van der Waals surface area contributed by atoms with E-state index in [0.29, 0.717) is 22.9 Å². The Morgan fingerprint density at radius 1 is 0.920 bits per heavy atom. The first-order valence-electron chi connectivity index (χ1n) is 7.96. The second-order valence-corrected chi connectivity index (χ2v) is 5.96. The van der Waals surface area contributed by atoms with Crippen molar-refractivity contribution in [2.24, 2.45) is 0 Å². The van der Waals surface area contributed by atoms with Crippen LogP contribution in [0.3, 0.4) is 0 Å². The first kappa shape index (κ1) is 17.0. The van der Waals surface area contributed by atoms with Crippen molar-refractivity contribution >= 4 is 23.5 Å². The van der Waals surface area contributed by atoms with Crippen LogP contribution in [-0.4, -0.2) is 5.78 Å². The second-order valence-electron chi connectivity index (χ2n) is 5.52. The van der Waals surface area contributed by atoms with Crippen LogP contribution >= 0.6 is 11.6 Å². The molecule has 0 unspecified atom stereocenters. The van der Waals surface area contributed by atoms with Crippen molar-refractivity contribution in [1.29, 1.82) is 0 Å². The van der Waals surface area contributed by atoms with Crippen molar-refractivity contribution in [2.75, 3.05) is 0 Å². The molecule has 0 atom stereocenters. The summed E-state index contributed by atoms with van der Waals surface area (Å²) in [4.78, 5) is 12.6. The van der Waals surface area contributed by atoms with Gasteiger partial charge in [-0.15, -0.1) is 0 Å². The van der Waals surface area contributed by atoms with Crippen LogP contribution in [0.1, 0.15) is 21.5 Å². The van der Waals surface area contributed by atoms with Crippen LogP contribution in [0, 0.1) is 0 Å². The van der Waals surface area contributed by atoms with E-state index < -0.39 is 0 Å². The largest absolute Gasteiger partial charge is 0.488 e. The fourth-order valence-electron chi connectivity index (χ4n) is 2.38. The first-order chi connectivity index (χ1) is 12.2. The van der Waals surface area contributed by atoms with Gasteiger partial charge in [-0.05, 0) is 35.4 Å². The lowest BCUT2D eigenvalue weighted by Crippen LogP contribution is -2.02. The summed E-state index contributed by atoms with van der Waals surface area (Å²) < 4.78 is 5.84. The number of ketones is 1. The van der Waals surface area contributed by atoms with Crippen molar-refractivity contribution < 1.29 is 9.53 Å². The van der Waals surface area contributed by atoms with Crippen molar-refractivity contribution in [1.82, 2.24) is 0 Å². The average Bonchev–Trinajstić information content (AvgIpc) is 2.66. The third-order valence-corrected chi connectivity index (χ3v) is 3.91. The zero-order valence-electron chi connectivity index (χ0n) is 13.6. The minimum absolute atomic E-state index is 0.122. The van der Waals surface area contributed by atoms with E-state index in [1.54, 1.807) is 30.4 Å². The molecule has 3 aromatic carbocycles. The Kier molecular flexibility index (Phi) is 5.65. The van der Waals surface area contributed by atoms with Gasteiger partial charge in [0.25, 0.3) is 0 Å². The van der Waals surface area contributed by atoms with Crippen molar-refractivity contribution in [3.05, 3.63) is 107 Å². The third kappa shape index (κ3) is 4.82. The summed E-state index contributed by atoms with van der Waals surface area (Å²) in [6.45, 7) is 0.379. The average molecular weight is 349 g/mol. The molecule has 0 aliphatic heterocycles. The van der Waals surface area contributed by atoms with Crippen molar-refractivity contribution in [3.63, 3.8) is 0 Å². The summed E-state index contributed by atoms with van der Waals surface area (Å²) in [5.74, 6) is 0.364. The van der Waals surface area contributed by atoms with E-state index >= 15 is 0 Å². The van der Waals surface area contributed by atoms with Gasteiger partial charge >= 0.3 is 0 Å². The molecule has 0 fully saturated rings. The number of hydrogen-bond acceptors (Lipinski definition) is 2. The number of carbonyl (C=O) groups excluding carboxylic acids is 1. The van der Waals surface area contributed by atoms with E-state index in [-0.39, 0.29) is 5.78 Å². The summed E-state index contributed by atoms with van der Waals surface area (Å²) in [6, 6.07) is 24.5. The maximum Gasteiger partial charge on any atom is 0.189 e. The minimum atomic E-state index is -0.122. The summed E-state index contributed by atoms with van der Waals surface area (Å²) in [7, 11) is 0. The molecule has 2 nitrogen and oxygen atoms in total. The normalized spacial score (nSPS) is 10.8. The van der Waals surface area contributed by atoms with Crippen LogP contribution in [0.25, 0.3) is 6.08 Å². The molecule has 0 radical (unpaired) electrons. The molecular weight excluding hydrogens is 332 g/mol. The molecule has 3 rings (SSSR count). The number of halogens is 1. The SMILES string of the molecule is O=C(/C=C\c1ccccc1)c1ccc(Cl)cc1OCc1ccccc1. The highest BCUT2D eigenvalue weighted by atomic mass is 35.5. The van der Waals surface area contributed by atoms with E-state index in [9.17, 15) is 4.79 Å². The number of hydrogen-bond donors (Lipinski definition) is 0. The lowest BCUT2D eigenvalue weighted by Gasteiger charge is -2.10. The Morgan fingerprint density at radius 3 is 2.32 bits per heavy atom. The van der Waals surface area contributed by atoms with Crippen LogP contribution in [-0.2, 0) is 6.61 Å². The van der Waals surface area contributed by atoms with Gasteiger partial charge in [-0.1, -0.05) is 78.3 Å². The minimum Gasteiger partial charge on any atom is -0.488 e. The predicted octanol–water partition coefficient (Wildman–Crippen LogP) is 5.82. The highest BCUT2D eigenvalue weighted by molar-refractivity contribution is 6.31. The van der Waals surface area contributed by atoms with Crippen LogP contribution in [0.5, 0.6) is 5.75 Å². The molecule has 0 N–H and O–H groups in total. The van der Waals surface area contributed by atoms with Gasteiger partial charge in [-0.2, -0.15) is 0 Å². The molecule has 0 spiro atoms. The number of ether oxygens (including phenoxy) is 1. The van der Waals surface area contributed by atoms with Gasteiger partial charge in [0.15, 0.2) is 5.78 Å². The van der Waals surface area contributed by atoms with E-state index in [1.165, 1.54) is 0 Å². The Hall–Kier alpha value is -2.84. The number of carbonyl (C=O) groups is 1. The Morgan fingerprint density at radius 2 is 1.60 bits per heavy atom. The van der Waals surface area contributed by atoms with E-state index in [1.807, 2.05) is 60.7 Å². The Bertz CT molecular complexity index is 871. The molecule has 0 amide bonds. The molecule has 0 bridgehead atoms. The van der Waals surface area contributed by atoms with E-state index in [2.05, 4.69) is 0 Å².